The van der Waals surface area contributed by atoms with Crippen LogP contribution in [0.2, 0.25) is 0 Å². The van der Waals surface area contributed by atoms with E-state index < -0.39 is 0 Å². The zero-order valence-electron chi connectivity index (χ0n) is 8.39. The molecule has 0 aliphatic carbocycles. The molecule has 5 heteroatoms. The summed E-state index contributed by atoms with van der Waals surface area (Å²) >= 11 is 0. The second kappa shape index (κ2) is 3.64. The van der Waals surface area contributed by atoms with Gasteiger partial charge in [0.15, 0.2) is 11.9 Å². The molecule has 0 radical (unpaired) electrons. The SMILES string of the molecule is CCC1(CC)N=C(N)NC(=NC)N1. The standard InChI is InChI=1S/C8H17N5/c1-4-8(5-2)12-6(9)11-7(10-3)13-8/h4-5H2,1-3H3,(H4,9,10,11,12,13). The van der Waals surface area contributed by atoms with Crippen molar-refractivity contribution in [1.82, 2.24) is 10.6 Å². The Kier molecular flexibility index (Phi) is 2.75. The van der Waals surface area contributed by atoms with Gasteiger partial charge in [0.1, 0.15) is 5.66 Å². The number of rotatable bonds is 2. The van der Waals surface area contributed by atoms with E-state index in [1.807, 2.05) is 0 Å². The van der Waals surface area contributed by atoms with E-state index in [0.29, 0.717) is 11.9 Å². The number of aliphatic imine (C=N–C) groups is 2. The molecule has 0 atom stereocenters. The summed E-state index contributed by atoms with van der Waals surface area (Å²) in [6.07, 6.45) is 1.79. The summed E-state index contributed by atoms with van der Waals surface area (Å²) in [5.41, 5.74) is 5.37. The summed E-state index contributed by atoms with van der Waals surface area (Å²) in [4.78, 5) is 8.36. The van der Waals surface area contributed by atoms with Crippen LogP contribution in [0.3, 0.4) is 0 Å². The second-order valence-electron chi connectivity index (χ2n) is 3.06. The molecule has 1 heterocycles. The molecule has 1 aliphatic rings. The van der Waals surface area contributed by atoms with Gasteiger partial charge in [-0.3, -0.25) is 10.3 Å². The molecule has 0 saturated carbocycles. The fourth-order valence-electron chi connectivity index (χ4n) is 1.36. The van der Waals surface area contributed by atoms with Gasteiger partial charge in [0.25, 0.3) is 0 Å². The van der Waals surface area contributed by atoms with Crippen molar-refractivity contribution >= 4 is 11.9 Å². The molecule has 5 nitrogen and oxygen atoms in total. The molecule has 0 bridgehead atoms. The molecular weight excluding hydrogens is 166 g/mol. The van der Waals surface area contributed by atoms with Crippen molar-refractivity contribution in [2.45, 2.75) is 32.4 Å². The van der Waals surface area contributed by atoms with Crippen molar-refractivity contribution in [3.05, 3.63) is 0 Å². The highest BCUT2D eigenvalue weighted by Crippen LogP contribution is 2.18. The molecule has 74 valence electrons. The van der Waals surface area contributed by atoms with E-state index in [2.05, 4.69) is 34.5 Å². The van der Waals surface area contributed by atoms with E-state index in [-0.39, 0.29) is 5.66 Å². The van der Waals surface area contributed by atoms with Crippen LogP contribution in [0.1, 0.15) is 26.7 Å². The van der Waals surface area contributed by atoms with Gasteiger partial charge in [-0.2, -0.15) is 0 Å². The van der Waals surface area contributed by atoms with Crippen LogP contribution < -0.4 is 16.4 Å². The van der Waals surface area contributed by atoms with Gasteiger partial charge in [0, 0.05) is 7.05 Å². The minimum absolute atomic E-state index is 0.274. The molecule has 0 unspecified atom stereocenters. The first-order chi connectivity index (χ1) is 6.15. The summed E-state index contributed by atoms with van der Waals surface area (Å²) in [6.45, 7) is 4.15. The molecule has 1 aliphatic heterocycles. The Morgan fingerprint density at radius 3 is 2.54 bits per heavy atom. The lowest BCUT2D eigenvalue weighted by atomic mass is 10.0. The van der Waals surface area contributed by atoms with Gasteiger partial charge in [-0.05, 0) is 12.8 Å². The lowest BCUT2D eigenvalue weighted by molar-refractivity contribution is 0.358. The molecule has 0 aromatic heterocycles. The van der Waals surface area contributed by atoms with E-state index in [4.69, 9.17) is 5.73 Å². The van der Waals surface area contributed by atoms with E-state index >= 15 is 0 Å². The molecule has 0 spiro atoms. The fraction of sp³-hybridized carbons (Fsp3) is 0.750. The van der Waals surface area contributed by atoms with Crippen LogP contribution in [0.25, 0.3) is 0 Å². The third-order valence-corrected chi connectivity index (χ3v) is 2.33. The van der Waals surface area contributed by atoms with E-state index in [1.54, 1.807) is 7.05 Å². The molecule has 0 aromatic carbocycles. The van der Waals surface area contributed by atoms with Gasteiger partial charge in [0.05, 0.1) is 0 Å². The molecule has 13 heavy (non-hydrogen) atoms. The summed E-state index contributed by atoms with van der Waals surface area (Å²) in [5.74, 6) is 1.12. The third kappa shape index (κ3) is 1.91. The van der Waals surface area contributed by atoms with E-state index in [9.17, 15) is 0 Å². The first kappa shape index (κ1) is 9.83. The topological polar surface area (TPSA) is 74.8 Å². The zero-order chi connectivity index (χ0) is 9.90. The van der Waals surface area contributed by atoms with Gasteiger partial charge in [-0.25, -0.2) is 4.99 Å². The summed E-state index contributed by atoms with van der Waals surface area (Å²) < 4.78 is 0. The number of guanidine groups is 2. The Bertz CT molecular complexity index is 239. The van der Waals surface area contributed by atoms with Gasteiger partial charge in [-0.1, -0.05) is 13.8 Å². The summed E-state index contributed by atoms with van der Waals surface area (Å²) in [7, 11) is 1.71. The van der Waals surface area contributed by atoms with Crippen LogP contribution in [0.5, 0.6) is 0 Å². The molecule has 4 N–H and O–H groups in total. The predicted molar refractivity (Wildman–Crippen MR) is 54.6 cm³/mol. The summed E-state index contributed by atoms with van der Waals surface area (Å²) in [5, 5.41) is 6.07. The normalized spacial score (nSPS) is 23.3. The third-order valence-electron chi connectivity index (χ3n) is 2.33. The van der Waals surface area contributed by atoms with Crippen LogP contribution in [-0.4, -0.2) is 24.6 Å². The van der Waals surface area contributed by atoms with Crippen LogP contribution in [0.4, 0.5) is 0 Å². The van der Waals surface area contributed by atoms with E-state index in [0.717, 1.165) is 12.8 Å². The Hall–Kier alpha value is -1.26. The van der Waals surface area contributed by atoms with Crippen molar-refractivity contribution in [3.8, 4) is 0 Å². The first-order valence-corrected chi connectivity index (χ1v) is 4.53. The lowest BCUT2D eigenvalue weighted by Crippen LogP contribution is -2.59. The Morgan fingerprint density at radius 2 is 2.08 bits per heavy atom. The maximum Gasteiger partial charge on any atom is 0.199 e. The largest absolute Gasteiger partial charge is 0.370 e. The number of hydrogen-bond acceptors (Lipinski definition) is 3. The van der Waals surface area contributed by atoms with Crippen LogP contribution >= 0.6 is 0 Å². The average molecular weight is 183 g/mol. The van der Waals surface area contributed by atoms with Crippen molar-refractivity contribution in [3.63, 3.8) is 0 Å². The Morgan fingerprint density at radius 1 is 1.46 bits per heavy atom. The highest BCUT2D eigenvalue weighted by molar-refractivity contribution is 6.00. The predicted octanol–water partition coefficient (Wildman–Crippen LogP) is -0.00400. The summed E-state index contributed by atoms with van der Waals surface area (Å²) in [6, 6.07) is 0. The minimum Gasteiger partial charge on any atom is -0.370 e. The Balaban J connectivity index is 2.93. The monoisotopic (exact) mass is 183 g/mol. The zero-order valence-corrected chi connectivity index (χ0v) is 8.39. The average Bonchev–Trinajstić information content (AvgIpc) is 2.16. The van der Waals surface area contributed by atoms with Crippen molar-refractivity contribution in [2.24, 2.45) is 15.7 Å². The maximum atomic E-state index is 5.65. The van der Waals surface area contributed by atoms with Crippen molar-refractivity contribution in [1.29, 1.82) is 0 Å². The lowest BCUT2D eigenvalue weighted by Gasteiger charge is -2.34. The van der Waals surface area contributed by atoms with Gasteiger partial charge < -0.3 is 11.1 Å². The minimum atomic E-state index is -0.274. The van der Waals surface area contributed by atoms with Gasteiger partial charge in [0.2, 0.25) is 0 Å². The second-order valence-corrected chi connectivity index (χ2v) is 3.06. The van der Waals surface area contributed by atoms with Gasteiger partial charge >= 0.3 is 0 Å². The molecule has 0 fully saturated rings. The number of nitrogens with zero attached hydrogens (tertiary/aromatic N) is 2. The Labute approximate surface area is 78.5 Å². The van der Waals surface area contributed by atoms with E-state index in [1.165, 1.54) is 0 Å². The van der Waals surface area contributed by atoms with Crippen molar-refractivity contribution in [2.75, 3.05) is 7.05 Å². The van der Waals surface area contributed by atoms with Crippen LogP contribution in [0.15, 0.2) is 9.98 Å². The number of hydrogen-bond donors (Lipinski definition) is 3. The smallest absolute Gasteiger partial charge is 0.199 e. The molecule has 1 rings (SSSR count). The first-order valence-electron chi connectivity index (χ1n) is 4.53. The van der Waals surface area contributed by atoms with Crippen LogP contribution in [0, 0.1) is 0 Å². The highest BCUT2D eigenvalue weighted by atomic mass is 15.4. The maximum absolute atomic E-state index is 5.65. The van der Waals surface area contributed by atoms with Crippen LogP contribution in [-0.2, 0) is 0 Å². The highest BCUT2D eigenvalue weighted by Gasteiger charge is 2.30. The molecule has 0 amide bonds. The molecule has 0 saturated heterocycles. The van der Waals surface area contributed by atoms with Crippen molar-refractivity contribution < 1.29 is 0 Å². The molecule has 0 aromatic rings. The fourth-order valence-corrected chi connectivity index (χ4v) is 1.36. The quantitative estimate of drug-likeness (QED) is 0.564. The number of nitrogens with two attached hydrogens (primary N) is 1. The molecular formula is C8H17N5. The number of nitrogens with one attached hydrogen (secondary N) is 2. The van der Waals surface area contributed by atoms with Gasteiger partial charge in [-0.15, -0.1) is 0 Å².